The molecular formula is C29H34ClN3O4S. The molecule has 0 saturated heterocycles. The van der Waals surface area contributed by atoms with Gasteiger partial charge in [-0.1, -0.05) is 61.0 Å². The van der Waals surface area contributed by atoms with Gasteiger partial charge in [-0.05, 0) is 74.2 Å². The minimum Gasteiger partial charge on any atom is -0.355 e. The van der Waals surface area contributed by atoms with Crippen molar-refractivity contribution in [1.29, 1.82) is 0 Å². The van der Waals surface area contributed by atoms with E-state index in [9.17, 15) is 18.0 Å². The summed E-state index contributed by atoms with van der Waals surface area (Å²) in [6, 6.07) is 21.7. The Kier molecular flexibility index (Phi) is 10.3. The van der Waals surface area contributed by atoms with Crippen LogP contribution < -0.4 is 9.62 Å². The fourth-order valence-electron chi connectivity index (χ4n) is 4.23. The first-order chi connectivity index (χ1) is 18.2. The van der Waals surface area contributed by atoms with Gasteiger partial charge >= 0.3 is 0 Å². The fraction of sp³-hybridized carbons (Fsp3) is 0.310. The number of amides is 2. The minimum atomic E-state index is -4.12. The first-order valence-corrected chi connectivity index (χ1v) is 14.4. The first-order valence-electron chi connectivity index (χ1n) is 12.6. The third-order valence-corrected chi connectivity index (χ3v) is 8.23. The molecule has 0 aliphatic heterocycles. The summed E-state index contributed by atoms with van der Waals surface area (Å²) in [6.07, 6.45) is 0.914. The van der Waals surface area contributed by atoms with Crippen molar-refractivity contribution in [2.75, 3.05) is 23.9 Å². The van der Waals surface area contributed by atoms with Crippen LogP contribution in [0.15, 0.2) is 83.8 Å². The molecule has 0 heterocycles. The van der Waals surface area contributed by atoms with Crippen LogP contribution in [0.2, 0.25) is 5.02 Å². The third kappa shape index (κ3) is 7.36. The average Bonchev–Trinajstić information content (AvgIpc) is 2.90. The van der Waals surface area contributed by atoms with Gasteiger partial charge < -0.3 is 10.2 Å². The zero-order chi connectivity index (χ0) is 27.7. The van der Waals surface area contributed by atoms with Gasteiger partial charge in [0, 0.05) is 18.1 Å². The number of halogens is 1. The van der Waals surface area contributed by atoms with Crippen molar-refractivity contribution < 1.29 is 18.0 Å². The molecule has 0 radical (unpaired) electrons. The normalized spacial score (nSPS) is 12.0. The molecule has 0 aliphatic carbocycles. The van der Waals surface area contributed by atoms with E-state index >= 15 is 0 Å². The maximum atomic E-state index is 13.9. The maximum absolute atomic E-state index is 13.9. The molecule has 0 saturated carbocycles. The summed E-state index contributed by atoms with van der Waals surface area (Å²) in [5.41, 5.74) is 2.23. The molecule has 0 aliphatic rings. The zero-order valence-electron chi connectivity index (χ0n) is 21.9. The molecule has 38 heavy (non-hydrogen) atoms. The highest BCUT2D eigenvalue weighted by Gasteiger charge is 2.33. The highest BCUT2D eigenvalue weighted by molar-refractivity contribution is 7.92. The van der Waals surface area contributed by atoms with Crippen molar-refractivity contribution in [2.45, 2.75) is 44.6 Å². The van der Waals surface area contributed by atoms with Crippen LogP contribution in [0.4, 0.5) is 5.69 Å². The van der Waals surface area contributed by atoms with Crippen LogP contribution in [0.3, 0.4) is 0 Å². The number of sulfonamides is 1. The Labute approximate surface area is 230 Å². The molecule has 3 rings (SSSR count). The molecule has 3 aromatic carbocycles. The quantitative estimate of drug-likeness (QED) is 0.347. The van der Waals surface area contributed by atoms with Gasteiger partial charge in [-0.3, -0.25) is 13.9 Å². The number of anilines is 1. The lowest BCUT2D eigenvalue weighted by Gasteiger charge is -2.33. The molecular weight excluding hydrogens is 522 g/mol. The molecule has 7 nitrogen and oxygen atoms in total. The molecule has 9 heteroatoms. The monoisotopic (exact) mass is 555 g/mol. The topological polar surface area (TPSA) is 86.8 Å². The van der Waals surface area contributed by atoms with Crippen LogP contribution in [-0.2, 0) is 26.0 Å². The van der Waals surface area contributed by atoms with E-state index in [0.717, 1.165) is 15.4 Å². The molecule has 202 valence electrons. The first kappa shape index (κ1) is 29.2. The largest absolute Gasteiger partial charge is 0.355 e. The zero-order valence-corrected chi connectivity index (χ0v) is 23.5. The number of likely N-dealkylation sites (N-methyl/N-ethyl adjacent to an activating group) is 1. The third-order valence-electron chi connectivity index (χ3n) is 6.19. The Balaban J connectivity index is 2.00. The van der Waals surface area contributed by atoms with Crippen molar-refractivity contribution in [3.8, 4) is 0 Å². The Hall–Kier alpha value is -3.36. The summed E-state index contributed by atoms with van der Waals surface area (Å²) in [4.78, 5) is 28.3. The van der Waals surface area contributed by atoms with E-state index in [1.54, 1.807) is 18.2 Å². The van der Waals surface area contributed by atoms with Gasteiger partial charge in [0.1, 0.15) is 12.6 Å². The molecule has 0 unspecified atom stereocenters. The highest BCUT2D eigenvalue weighted by atomic mass is 35.5. The smallest absolute Gasteiger partial charge is 0.264 e. The van der Waals surface area contributed by atoms with E-state index in [1.807, 2.05) is 57.2 Å². The number of hydrogen-bond donors (Lipinski definition) is 1. The van der Waals surface area contributed by atoms with E-state index in [-0.39, 0.29) is 17.3 Å². The summed E-state index contributed by atoms with van der Waals surface area (Å²) in [5, 5.41) is 3.21. The van der Waals surface area contributed by atoms with Crippen LogP contribution in [0.25, 0.3) is 0 Å². The Morgan fingerprint density at radius 2 is 1.63 bits per heavy atom. The Morgan fingerprint density at radius 1 is 0.947 bits per heavy atom. The molecule has 1 atom stereocenters. The molecule has 0 spiro atoms. The van der Waals surface area contributed by atoms with E-state index < -0.39 is 28.5 Å². The lowest BCUT2D eigenvalue weighted by Crippen LogP contribution is -2.53. The number of benzene rings is 3. The number of carbonyl (C=O) groups excluding carboxylic acids is 2. The van der Waals surface area contributed by atoms with Gasteiger partial charge in [-0.25, -0.2) is 8.42 Å². The van der Waals surface area contributed by atoms with E-state index in [4.69, 9.17) is 11.6 Å². The fourth-order valence-corrected chi connectivity index (χ4v) is 5.77. The van der Waals surface area contributed by atoms with Crippen LogP contribution in [0.5, 0.6) is 0 Å². The van der Waals surface area contributed by atoms with Gasteiger partial charge in [-0.15, -0.1) is 0 Å². The number of hydrogen-bond acceptors (Lipinski definition) is 4. The lowest BCUT2D eigenvalue weighted by atomic mass is 10.1. The second kappa shape index (κ2) is 13.4. The Morgan fingerprint density at radius 3 is 2.24 bits per heavy atom. The van der Waals surface area contributed by atoms with Gasteiger partial charge in [0.15, 0.2) is 0 Å². The minimum absolute atomic E-state index is 0.0165. The number of aryl methyl sites for hydroxylation is 1. The molecule has 0 bridgehead atoms. The molecule has 1 N–H and O–H groups in total. The van der Waals surface area contributed by atoms with Crippen LogP contribution >= 0.6 is 11.6 Å². The predicted octanol–water partition coefficient (Wildman–Crippen LogP) is 4.83. The summed E-state index contributed by atoms with van der Waals surface area (Å²) in [7, 11) is -4.12. The van der Waals surface area contributed by atoms with Crippen molar-refractivity contribution in [1.82, 2.24) is 10.2 Å². The van der Waals surface area contributed by atoms with Crippen molar-refractivity contribution in [3.63, 3.8) is 0 Å². The van der Waals surface area contributed by atoms with Crippen LogP contribution in [0, 0.1) is 6.92 Å². The van der Waals surface area contributed by atoms with E-state index in [2.05, 4.69) is 5.32 Å². The standard InChI is InChI=1S/C29H34ClN3O4S/c1-4-27(29(35)31-5-2)32(19-18-23-11-7-6-8-12-23)28(34)21-33(25-13-9-10-22(3)20-25)38(36,37)26-16-14-24(30)15-17-26/h6-17,20,27H,4-5,18-19,21H2,1-3H3,(H,31,35)/t27-/m1/s1. The van der Waals surface area contributed by atoms with E-state index in [0.29, 0.717) is 30.1 Å². The van der Waals surface area contributed by atoms with Crippen LogP contribution in [0.1, 0.15) is 31.4 Å². The summed E-state index contributed by atoms with van der Waals surface area (Å²) in [6.45, 7) is 5.74. The van der Waals surface area contributed by atoms with Gasteiger partial charge in [-0.2, -0.15) is 0 Å². The van der Waals surface area contributed by atoms with Crippen molar-refractivity contribution in [2.24, 2.45) is 0 Å². The number of carbonyl (C=O) groups is 2. The predicted molar refractivity (Wildman–Crippen MR) is 152 cm³/mol. The van der Waals surface area contributed by atoms with Gasteiger partial charge in [0.2, 0.25) is 11.8 Å². The lowest BCUT2D eigenvalue weighted by molar-refractivity contribution is -0.139. The van der Waals surface area contributed by atoms with Crippen LogP contribution in [-0.4, -0.2) is 50.8 Å². The van der Waals surface area contributed by atoms with Gasteiger partial charge in [0.05, 0.1) is 10.6 Å². The maximum Gasteiger partial charge on any atom is 0.264 e. The molecule has 0 fully saturated rings. The Bertz CT molecular complexity index is 1330. The second-order valence-electron chi connectivity index (χ2n) is 8.95. The average molecular weight is 556 g/mol. The SMILES string of the molecule is CCNC(=O)[C@@H](CC)N(CCc1ccccc1)C(=O)CN(c1cccc(C)c1)S(=O)(=O)c1ccc(Cl)cc1. The molecule has 2 amide bonds. The van der Waals surface area contributed by atoms with E-state index in [1.165, 1.54) is 29.2 Å². The number of nitrogens with zero attached hydrogens (tertiary/aromatic N) is 2. The van der Waals surface area contributed by atoms with Crippen molar-refractivity contribution >= 4 is 39.1 Å². The number of nitrogens with one attached hydrogen (secondary N) is 1. The molecule has 0 aromatic heterocycles. The second-order valence-corrected chi connectivity index (χ2v) is 11.2. The summed E-state index contributed by atoms with van der Waals surface area (Å²) >= 11 is 5.99. The van der Waals surface area contributed by atoms with Gasteiger partial charge in [0.25, 0.3) is 10.0 Å². The number of rotatable bonds is 12. The summed E-state index contributed by atoms with van der Waals surface area (Å²) in [5.74, 6) is -0.725. The van der Waals surface area contributed by atoms with Crippen molar-refractivity contribution in [3.05, 3.63) is 95.0 Å². The molecule has 3 aromatic rings. The highest BCUT2D eigenvalue weighted by Crippen LogP contribution is 2.26. The summed E-state index contributed by atoms with van der Waals surface area (Å²) < 4.78 is 28.7.